The first-order valence-corrected chi connectivity index (χ1v) is 5.79. The van der Waals surface area contributed by atoms with Crippen LogP contribution in [0.1, 0.15) is 13.8 Å². The first-order valence-electron chi connectivity index (χ1n) is 4.99. The highest BCUT2D eigenvalue weighted by Crippen LogP contribution is 2.20. The number of pyridine rings is 1. The van der Waals surface area contributed by atoms with E-state index in [0.717, 1.165) is 4.47 Å². The molecule has 4 N–H and O–H groups in total. The van der Waals surface area contributed by atoms with Gasteiger partial charge in [0.1, 0.15) is 11.9 Å². The molecule has 1 amide bonds. The van der Waals surface area contributed by atoms with Crippen LogP contribution in [0.2, 0.25) is 0 Å². The fraction of sp³-hybridized carbons (Fsp3) is 0.400. The van der Waals surface area contributed by atoms with Crippen molar-refractivity contribution < 1.29 is 4.79 Å². The Hall–Kier alpha value is -1.30. The van der Waals surface area contributed by atoms with Gasteiger partial charge >= 0.3 is 0 Å². The molecule has 0 aliphatic carbocycles. The molecule has 1 rings (SSSR count). The minimum Gasteiger partial charge on any atom is -0.396 e. The molecular weight excluding hydrogens is 272 g/mol. The van der Waals surface area contributed by atoms with E-state index in [-0.39, 0.29) is 11.9 Å². The Morgan fingerprint density at radius 3 is 2.94 bits per heavy atom. The van der Waals surface area contributed by atoms with Gasteiger partial charge in [0.2, 0.25) is 5.91 Å². The second kappa shape index (κ2) is 5.69. The molecule has 0 bridgehead atoms. The number of nitrogens with zero attached hydrogens (tertiary/aromatic N) is 1. The van der Waals surface area contributed by atoms with Gasteiger partial charge in [-0.15, -0.1) is 0 Å². The summed E-state index contributed by atoms with van der Waals surface area (Å²) in [5, 5.41) is 5.67. The molecular formula is C10H15BrN4O. The molecule has 0 saturated heterocycles. The quantitative estimate of drug-likeness (QED) is 0.781. The van der Waals surface area contributed by atoms with Crippen molar-refractivity contribution in [1.29, 1.82) is 0 Å². The summed E-state index contributed by atoms with van der Waals surface area (Å²) in [6, 6.07) is 1.37. The predicted octanol–water partition coefficient (Wildman–Crippen LogP) is 1.36. The Kier molecular flexibility index (Phi) is 4.54. The molecule has 0 saturated carbocycles. The van der Waals surface area contributed by atoms with Crippen LogP contribution in [0.15, 0.2) is 16.7 Å². The number of nitrogens with two attached hydrogens (primary N) is 1. The number of aromatic nitrogens is 1. The maximum Gasteiger partial charge on any atom is 0.242 e. The SMILES string of the molecule is CCNC(=O)C(C)Nc1ncc(Br)cc1N. The summed E-state index contributed by atoms with van der Waals surface area (Å²) in [7, 11) is 0. The molecule has 1 atom stereocenters. The van der Waals surface area contributed by atoms with E-state index in [1.54, 1.807) is 19.2 Å². The number of hydrogen-bond acceptors (Lipinski definition) is 4. The van der Waals surface area contributed by atoms with E-state index >= 15 is 0 Å². The third-order valence-corrected chi connectivity index (χ3v) is 2.41. The van der Waals surface area contributed by atoms with Crippen molar-refractivity contribution in [3.8, 4) is 0 Å². The fourth-order valence-electron chi connectivity index (χ4n) is 1.17. The van der Waals surface area contributed by atoms with E-state index in [4.69, 9.17) is 5.73 Å². The summed E-state index contributed by atoms with van der Waals surface area (Å²) in [6.07, 6.45) is 1.63. The molecule has 1 unspecified atom stereocenters. The first-order chi connectivity index (χ1) is 7.54. The maximum atomic E-state index is 11.5. The molecule has 5 nitrogen and oxygen atoms in total. The van der Waals surface area contributed by atoms with Crippen LogP contribution in [0.25, 0.3) is 0 Å². The molecule has 0 radical (unpaired) electrons. The normalized spacial score (nSPS) is 11.9. The zero-order valence-electron chi connectivity index (χ0n) is 9.25. The van der Waals surface area contributed by atoms with Gasteiger partial charge < -0.3 is 16.4 Å². The largest absolute Gasteiger partial charge is 0.396 e. The Balaban J connectivity index is 2.69. The number of anilines is 2. The average molecular weight is 287 g/mol. The van der Waals surface area contributed by atoms with E-state index in [1.807, 2.05) is 6.92 Å². The van der Waals surface area contributed by atoms with Gasteiger partial charge in [-0.3, -0.25) is 4.79 Å². The molecule has 6 heteroatoms. The zero-order chi connectivity index (χ0) is 12.1. The maximum absolute atomic E-state index is 11.5. The minimum atomic E-state index is -0.365. The lowest BCUT2D eigenvalue weighted by atomic mass is 10.3. The molecule has 0 fully saturated rings. The highest BCUT2D eigenvalue weighted by Gasteiger charge is 2.13. The first kappa shape index (κ1) is 12.8. The summed E-state index contributed by atoms with van der Waals surface area (Å²) in [5.41, 5.74) is 6.26. The van der Waals surface area contributed by atoms with Crippen molar-refractivity contribution in [2.75, 3.05) is 17.6 Å². The van der Waals surface area contributed by atoms with Gasteiger partial charge in [-0.05, 0) is 35.8 Å². The van der Waals surface area contributed by atoms with Crippen LogP contribution in [0.4, 0.5) is 11.5 Å². The van der Waals surface area contributed by atoms with E-state index in [1.165, 1.54) is 0 Å². The molecule has 88 valence electrons. The third kappa shape index (κ3) is 3.37. The molecule has 0 aliphatic heterocycles. The van der Waals surface area contributed by atoms with Crippen LogP contribution < -0.4 is 16.4 Å². The van der Waals surface area contributed by atoms with Crippen LogP contribution in [-0.2, 0) is 4.79 Å². The molecule has 16 heavy (non-hydrogen) atoms. The van der Waals surface area contributed by atoms with Gasteiger partial charge in [-0.1, -0.05) is 0 Å². The lowest BCUT2D eigenvalue weighted by molar-refractivity contribution is -0.121. The molecule has 0 aromatic carbocycles. The van der Waals surface area contributed by atoms with E-state index in [9.17, 15) is 4.79 Å². The van der Waals surface area contributed by atoms with Crippen molar-refractivity contribution in [2.45, 2.75) is 19.9 Å². The number of nitrogens with one attached hydrogen (secondary N) is 2. The standard InChI is InChI=1S/C10H15BrN4O/c1-3-13-10(16)6(2)15-9-8(12)4-7(11)5-14-9/h4-6H,3,12H2,1-2H3,(H,13,16)(H,14,15). The van der Waals surface area contributed by atoms with Crippen LogP contribution >= 0.6 is 15.9 Å². The second-order valence-electron chi connectivity index (χ2n) is 3.35. The van der Waals surface area contributed by atoms with Gasteiger partial charge in [0, 0.05) is 17.2 Å². The monoisotopic (exact) mass is 286 g/mol. The highest BCUT2D eigenvalue weighted by molar-refractivity contribution is 9.10. The minimum absolute atomic E-state index is 0.0772. The summed E-state index contributed by atoms with van der Waals surface area (Å²) >= 11 is 3.27. The summed E-state index contributed by atoms with van der Waals surface area (Å²) in [6.45, 7) is 4.24. The number of rotatable bonds is 4. The summed E-state index contributed by atoms with van der Waals surface area (Å²) in [4.78, 5) is 15.6. The second-order valence-corrected chi connectivity index (χ2v) is 4.27. The van der Waals surface area contributed by atoms with E-state index < -0.39 is 0 Å². The Morgan fingerprint density at radius 2 is 2.38 bits per heavy atom. The number of hydrogen-bond donors (Lipinski definition) is 3. The van der Waals surface area contributed by atoms with Crippen LogP contribution in [-0.4, -0.2) is 23.5 Å². The number of nitrogen functional groups attached to an aromatic ring is 1. The Morgan fingerprint density at radius 1 is 1.69 bits per heavy atom. The van der Waals surface area contributed by atoms with Crippen LogP contribution in [0, 0.1) is 0 Å². The van der Waals surface area contributed by atoms with Crippen molar-refractivity contribution in [1.82, 2.24) is 10.3 Å². The van der Waals surface area contributed by atoms with Crippen molar-refractivity contribution in [3.05, 3.63) is 16.7 Å². The average Bonchev–Trinajstić information content (AvgIpc) is 2.22. The molecule has 1 aromatic rings. The van der Waals surface area contributed by atoms with Crippen LogP contribution in [0.3, 0.4) is 0 Å². The van der Waals surface area contributed by atoms with Gasteiger partial charge in [0.05, 0.1) is 5.69 Å². The number of carbonyl (C=O) groups is 1. The lowest BCUT2D eigenvalue weighted by Gasteiger charge is -2.15. The lowest BCUT2D eigenvalue weighted by Crippen LogP contribution is -2.37. The molecule has 1 heterocycles. The number of amides is 1. The van der Waals surface area contributed by atoms with E-state index in [0.29, 0.717) is 18.1 Å². The zero-order valence-corrected chi connectivity index (χ0v) is 10.8. The number of halogens is 1. The van der Waals surface area contributed by atoms with Crippen LogP contribution in [0.5, 0.6) is 0 Å². The Bertz CT molecular complexity index is 383. The summed E-state index contributed by atoms with van der Waals surface area (Å²) in [5.74, 6) is 0.438. The number of likely N-dealkylation sites (N-methyl/N-ethyl adjacent to an activating group) is 1. The molecule has 0 spiro atoms. The smallest absolute Gasteiger partial charge is 0.242 e. The van der Waals surface area contributed by atoms with Crippen molar-refractivity contribution in [2.24, 2.45) is 0 Å². The van der Waals surface area contributed by atoms with Gasteiger partial charge in [-0.2, -0.15) is 0 Å². The highest BCUT2D eigenvalue weighted by atomic mass is 79.9. The van der Waals surface area contributed by atoms with Gasteiger partial charge in [0.15, 0.2) is 0 Å². The molecule has 1 aromatic heterocycles. The Labute approximate surface area is 103 Å². The molecule has 0 aliphatic rings. The van der Waals surface area contributed by atoms with E-state index in [2.05, 4.69) is 31.5 Å². The van der Waals surface area contributed by atoms with Gasteiger partial charge in [0.25, 0.3) is 0 Å². The topological polar surface area (TPSA) is 80.0 Å². The number of carbonyl (C=O) groups excluding carboxylic acids is 1. The van der Waals surface area contributed by atoms with Crippen molar-refractivity contribution >= 4 is 33.3 Å². The van der Waals surface area contributed by atoms with Crippen molar-refractivity contribution in [3.63, 3.8) is 0 Å². The third-order valence-electron chi connectivity index (χ3n) is 1.98. The fourth-order valence-corrected chi connectivity index (χ4v) is 1.52. The van der Waals surface area contributed by atoms with Gasteiger partial charge in [-0.25, -0.2) is 4.98 Å². The summed E-state index contributed by atoms with van der Waals surface area (Å²) < 4.78 is 0.807. The predicted molar refractivity (Wildman–Crippen MR) is 68.1 cm³/mol.